The lowest BCUT2D eigenvalue weighted by Crippen LogP contribution is -2.04. The second-order valence-electron chi connectivity index (χ2n) is 5.93. The van der Waals surface area contributed by atoms with Crippen molar-refractivity contribution in [3.8, 4) is 10.8 Å². The molecule has 0 bridgehead atoms. The van der Waals surface area contributed by atoms with Crippen LogP contribution >= 0.6 is 22.9 Å². The zero-order chi connectivity index (χ0) is 18.8. The van der Waals surface area contributed by atoms with Crippen LogP contribution in [-0.4, -0.2) is 29.4 Å². The number of hydrogen-bond acceptors (Lipinski definition) is 4. The van der Waals surface area contributed by atoms with Gasteiger partial charge in [0.15, 0.2) is 5.06 Å². The lowest BCUT2D eigenvalue weighted by atomic mass is 10.1. The van der Waals surface area contributed by atoms with E-state index in [2.05, 4.69) is 9.95 Å². The Hall–Kier alpha value is -2.18. The molecule has 0 radical (unpaired) electrons. The van der Waals surface area contributed by atoms with Gasteiger partial charge in [-0.05, 0) is 48.6 Å². The van der Waals surface area contributed by atoms with Crippen molar-refractivity contribution in [2.75, 3.05) is 13.7 Å². The molecular formula is C19H20ClNO4S. The number of methoxy groups -OCH3 is 1. The van der Waals surface area contributed by atoms with Gasteiger partial charge in [0.2, 0.25) is 0 Å². The standard InChI is InChI=1S/C19H20ClNO4S/c1-4-25-19-5-12(10-26-19)9-21-11(2)13(7-18(22)23)14-6-17(24-3)15(20)8-16(14)21/h5-6,8,10H,4,7,9H2,1-3H3,(H,22,23). The molecule has 2 aromatic heterocycles. The number of nitrogens with zero attached hydrogens (tertiary/aromatic N) is 1. The molecule has 0 saturated heterocycles. The molecule has 2 heterocycles. The molecule has 138 valence electrons. The number of hydrogen-bond donors (Lipinski definition) is 1. The summed E-state index contributed by atoms with van der Waals surface area (Å²) in [5, 5.41) is 13.6. The van der Waals surface area contributed by atoms with Crippen molar-refractivity contribution in [3.05, 3.63) is 45.4 Å². The zero-order valence-electron chi connectivity index (χ0n) is 14.8. The summed E-state index contributed by atoms with van der Waals surface area (Å²) >= 11 is 7.87. The smallest absolute Gasteiger partial charge is 0.307 e. The third-order valence-electron chi connectivity index (χ3n) is 4.31. The molecule has 0 amide bonds. The molecule has 1 N–H and O–H groups in total. The Morgan fingerprint density at radius 2 is 2.12 bits per heavy atom. The Labute approximate surface area is 160 Å². The maximum atomic E-state index is 11.3. The van der Waals surface area contributed by atoms with Crippen molar-refractivity contribution in [2.45, 2.75) is 26.8 Å². The molecular weight excluding hydrogens is 374 g/mol. The number of halogens is 1. The van der Waals surface area contributed by atoms with Crippen LogP contribution in [0.3, 0.4) is 0 Å². The minimum absolute atomic E-state index is 0.0477. The third kappa shape index (κ3) is 3.52. The molecule has 0 spiro atoms. The summed E-state index contributed by atoms with van der Waals surface area (Å²) in [7, 11) is 1.55. The summed E-state index contributed by atoms with van der Waals surface area (Å²) in [4.78, 5) is 11.3. The van der Waals surface area contributed by atoms with Crippen LogP contribution in [0, 0.1) is 6.92 Å². The molecule has 0 aliphatic carbocycles. The van der Waals surface area contributed by atoms with Gasteiger partial charge in [-0.1, -0.05) is 11.6 Å². The van der Waals surface area contributed by atoms with Gasteiger partial charge in [-0.25, -0.2) is 0 Å². The molecule has 3 aromatic rings. The van der Waals surface area contributed by atoms with Crippen LogP contribution in [0.4, 0.5) is 0 Å². The highest BCUT2D eigenvalue weighted by molar-refractivity contribution is 7.12. The topological polar surface area (TPSA) is 60.7 Å². The lowest BCUT2D eigenvalue weighted by Gasteiger charge is -2.08. The molecule has 0 unspecified atom stereocenters. The van der Waals surface area contributed by atoms with E-state index in [1.165, 1.54) is 0 Å². The van der Waals surface area contributed by atoms with Gasteiger partial charge in [-0.2, -0.15) is 0 Å². The van der Waals surface area contributed by atoms with Gasteiger partial charge >= 0.3 is 5.97 Å². The number of carboxylic acid groups (broad SMARTS) is 1. The fraction of sp³-hybridized carbons (Fsp3) is 0.316. The molecule has 0 fully saturated rings. The van der Waals surface area contributed by atoms with Gasteiger partial charge in [-0.3, -0.25) is 4.79 Å². The Balaban J connectivity index is 2.12. The third-order valence-corrected chi connectivity index (χ3v) is 5.50. The quantitative estimate of drug-likeness (QED) is 0.629. The van der Waals surface area contributed by atoms with Gasteiger partial charge in [0.05, 0.1) is 30.7 Å². The van der Waals surface area contributed by atoms with E-state index in [0.717, 1.165) is 32.8 Å². The molecule has 0 aliphatic rings. The lowest BCUT2D eigenvalue weighted by molar-refractivity contribution is -0.136. The monoisotopic (exact) mass is 393 g/mol. The minimum atomic E-state index is -0.866. The van der Waals surface area contributed by atoms with Crippen LogP contribution in [0.5, 0.6) is 10.8 Å². The predicted octanol–water partition coefficient (Wildman–Crippen LogP) is 4.75. The molecule has 7 heteroatoms. The van der Waals surface area contributed by atoms with E-state index in [0.29, 0.717) is 23.9 Å². The average Bonchev–Trinajstić information content (AvgIpc) is 3.13. The Morgan fingerprint density at radius 3 is 2.77 bits per heavy atom. The van der Waals surface area contributed by atoms with Crippen LogP contribution < -0.4 is 9.47 Å². The fourth-order valence-electron chi connectivity index (χ4n) is 3.12. The van der Waals surface area contributed by atoms with Crippen LogP contribution in [0.25, 0.3) is 10.9 Å². The van der Waals surface area contributed by atoms with Crippen LogP contribution in [0.1, 0.15) is 23.7 Å². The highest BCUT2D eigenvalue weighted by atomic mass is 35.5. The number of aromatic nitrogens is 1. The number of aliphatic carboxylic acids is 1. The van der Waals surface area contributed by atoms with Crippen LogP contribution in [0.2, 0.25) is 5.02 Å². The van der Waals surface area contributed by atoms with E-state index in [4.69, 9.17) is 21.1 Å². The molecule has 1 aromatic carbocycles. The molecule has 0 aliphatic heterocycles. The van der Waals surface area contributed by atoms with Gasteiger partial charge in [0, 0.05) is 17.6 Å². The first-order chi connectivity index (χ1) is 12.4. The van der Waals surface area contributed by atoms with E-state index in [-0.39, 0.29) is 6.42 Å². The molecule has 3 rings (SSSR count). The number of benzene rings is 1. The summed E-state index contributed by atoms with van der Waals surface area (Å²) in [6.45, 7) is 5.14. The molecule has 0 atom stereocenters. The molecule has 5 nitrogen and oxygen atoms in total. The summed E-state index contributed by atoms with van der Waals surface area (Å²) in [6, 6.07) is 5.67. The van der Waals surface area contributed by atoms with Crippen LogP contribution in [0.15, 0.2) is 23.6 Å². The highest BCUT2D eigenvalue weighted by Crippen LogP contribution is 2.36. The maximum Gasteiger partial charge on any atom is 0.307 e. The van der Waals surface area contributed by atoms with Gasteiger partial charge < -0.3 is 19.1 Å². The minimum Gasteiger partial charge on any atom is -0.495 e. The van der Waals surface area contributed by atoms with Crippen molar-refractivity contribution < 1.29 is 19.4 Å². The number of ether oxygens (including phenoxy) is 2. The SMILES string of the molecule is CCOc1cc(Cn2c(C)c(CC(=O)O)c3cc(OC)c(Cl)cc32)cs1. The Kier molecular flexibility index (Phi) is 5.44. The van der Waals surface area contributed by atoms with E-state index in [9.17, 15) is 9.90 Å². The van der Waals surface area contributed by atoms with Crippen molar-refractivity contribution >= 4 is 39.8 Å². The second-order valence-corrected chi connectivity index (χ2v) is 7.21. The number of fused-ring (bicyclic) bond motifs is 1. The van der Waals surface area contributed by atoms with Crippen molar-refractivity contribution in [2.24, 2.45) is 0 Å². The first-order valence-corrected chi connectivity index (χ1v) is 9.47. The molecule has 0 saturated carbocycles. The number of thiophene rings is 1. The first-order valence-electron chi connectivity index (χ1n) is 8.21. The average molecular weight is 394 g/mol. The zero-order valence-corrected chi connectivity index (χ0v) is 16.4. The number of carboxylic acids is 1. The summed E-state index contributed by atoms with van der Waals surface area (Å²) < 4.78 is 12.9. The fourth-order valence-corrected chi connectivity index (χ4v) is 4.17. The van der Waals surface area contributed by atoms with Crippen LogP contribution in [-0.2, 0) is 17.8 Å². The molecule has 26 heavy (non-hydrogen) atoms. The summed E-state index contributed by atoms with van der Waals surface area (Å²) in [5.74, 6) is -0.327. The van der Waals surface area contributed by atoms with E-state index in [1.54, 1.807) is 18.4 Å². The summed E-state index contributed by atoms with van der Waals surface area (Å²) in [5.41, 5.74) is 3.69. The highest BCUT2D eigenvalue weighted by Gasteiger charge is 2.19. The Bertz CT molecular complexity index is 960. The first kappa shape index (κ1) is 18.6. The van der Waals surface area contributed by atoms with Crippen molar-refractivity contribution in [3.63, 3.8) is 0 Å². The van der Waals surface area contributed by atoms with Gasteiger partial charge in [-0.15, -0.1) is 11.3 Å². The van der Waals surface area contributed by atoms with E-state index >= 15 is 0 Å². The van der Waals surface area contributed by atoms with Crippen molar-refractivity contribution in [1.29, 1.82) is 0 Å². The largest absolute Gasteiger partial charge is 0.495 e. The van der Waals surface area contributed by atoms with Gasteiger partial charge in [0.1, 0.15) is 5.75 Å². The summed E-state index contributed by atoms with van der Waals surface area (Å²) in [6.07, 6.45) is -0.0477. The van der Waals surface area contributed by atoms with E-state index < -0.39 is 5.97 Å². The van der Waals surface area contributed by atoms with Gasteiger partial charge in [0.25, 0.3) is 0 Å². The normalized spacial score (nSPS) is 11.1. The van der Waals surface area contributed by atoms with Crippen molar-refractivity contribution in [1.82, 2.24) is 4.57 Å². The van der Waals surface area contributed by atoms with E-state index in [1.807, 2.05) is 32.0 Å². The Morgan fingerprint density at radius 1 is 1.35 bits per heavy atom. The second kappa shape index (κ2) is 7.60. The maximum absolute atomic E-state index is 11.3. The predicted molar refractivity (Wildman–Crippen MR) is 104 cm³/mol. The number of rotatable bonds is 7. The number of carbonyl (C=O) groups is 1.